The number of anilines is 1. The lowest BCUT2D eigenvalue weighted by Crippen LogP contribution is -2.40. The zero-order valence-corrected chi connectivity index (χ0v) is 16.6. The Balaban J connectivity index is 1.57. The topological polar surface area (TPSA) is 95.2 Å². The van der Waals surface area contributed by atoms with E-state index in [-0.39, 0.29) is 30.4 Å². The molecule has 2 N–H and O–H groups in total. The first kappa shape index (κ1) is 22.2. The summed E-state index contributed by atoms with van der Waals surface area (Å²) in [7, 11) is -3.98. The summed E-state index contributed by atoms with van der Waals surface area (Å²) in [5, 5.41) is 9.08. The highest BCUT2D eigenvalue weighted by molar-refractivity contribution is 7.89. The van der Waals surface area contributed by atoms with Crippen LogP contribution in [0.4, 0.5) is 23.2 Å². The Kier molecular flexibility index (Phi) is 6.46. The molecular formula is C18H20F4N4O3S. The van der Waals surface area contributed by atoms with Crippen LogP contribution in [0, 0.1) is 5.82 Å². The van der Waals surface area contributed by atoms with E-state index in [1.807, 2.05) is 0 Å². The molecule has 0 saturated carbocycles. The summed E-state index contributed by atoms with van der Waals surface area (Å²) in [4.78, 5) is 12.3. The normalized spacial score (nSPS) is 16.5. The van der Waals surface area contributed by atoms with Crippen LogP contribution in [0.25, 0.3) is 0 Å². The van der Waals surface area contributed by atoms with Crippen molar-refractivity contribution in [3.05, 3.63) is 47.5 Å². The van der Waals surface area contributed by atoms with Crippen LogP contribution in [0.1, 0.15) is 41.4 Å². The number of H-pyrrole nitrogens is 1. The maximum atomic E-state index is 13.7. The highest BCUT2D eigenvalue weighted by atomic mass is 32.2. The molecule has 0 atom stereocenters. The highest BCUT2D eigenvalue weighted by Gasteiger charge is 2.34. The van der Waals surface area contributed by atoms with Crippen LogP contribution in [0.5, 0.6) is 0 Å². The smallest absolute Gasteiger partial charge is 0.318 e. The zero-order valence-electron chi connectivity index (χ0n) is 15.7. The fourth-order valence-corrected chi connectivity index (χ4v) is 4.74. The van der Waals surface area contributed by atoms with Gasteiger partial charge in [-0.05, 0) is 31.0 Å². The SMILES string of the molecule is O=C(Nc1ccccc1F)c1cc(C2CCN(S(=O)(=O)CCC(F)(F)F)CC2)[nH]n1. The van der Waals surface area contributed by atoms with Gasteiger partial charge < -0.3 is 5.32 Å². The molecule has 0 unspecified atom stereocenters. The number of sulfonamides is 1. The van der Waals surface area contributed by atoms with Gasteiger partial charge in [0, 0.05) is 24.7 Å². The number of para-hydroxylation sites is 1. The molecule has 2 aromatic rings. The number of aromatic amines is 1. The minimum Gasteiger partial charge on any atom is -0.318 e. The van der Waals surface area contributed by atoms with Gasteiger partial charge in [0.15, 0.2) is 5.69 Å². The van der Waals surface area contributed by atoms with E-state index in [4.69, 9.17) is 0 Å². The lowest BCUT2D eigenvalue weighted by atomic mass is 9.94. The maximum Gasteiger partial charge on any atom is 0.390 e. The Morgan fingerprint density at radius 3 is 2.53 bits per heavy atom. The van der Waals surface area contributed by atoms with Crippen molar-refractivity contribution in [1.82, 2.24) is 14.5 Å². The fourth-order valence-electron chi connectivity index (χ4n) is 3.23. The molecule has 0 radical (unpaired) electrons. The van der Waals surface area contributed by atoms with Crippen LogP contribution in [-0.2, 0) is 10.0 Å². The van der Waals surface area contributed by atoms with Gasteiger partial charge >= 0.3 is 6.18 Å². The third-order valence-electron chi connectivity index (χ3n) is 4.88. The van der Waals surface area contributed by atoms with E-state index in [0.29, 0.717) is 18.5 Å². The molecule has 1 saturated heterocycles. The monoisotopic (exact) mass is 448 g/mol. The summed E-state index contributed by atoms with van der Waals surface area (Å²) in [5.41, 5.74) is 0.680. The largest absolute Gasteiger partial charge is 0.390 e. The van der Waals surface area contributed by atoms with Crippen molar-refractivity contribution >= 4 is 21.6 Å². The Bertz CT molecular complexity index is 999. The molecule has 12 heteroatoms. The average molecular weight is 448 g/mol. The molecule has 0 aliphatic carbocycles. The lowest BCUT2D eigenvalue weighted by Gasteiger charge is -2.30. The molecule has 1 aliphatic rings. The number of amides is 1. The van der Waals surface area contributed by atoms with Gasteiger partial charge in [0.05, 0.1) is 17.9 Å². The molecule has 0 spiro atoms. The number of aromatic nitrogens is 2. The van der Waals surface area contributed by atoms with E-state index >= 15 is 0 Å². The first-order valence-corrected chi connectivity index (χ1v) is 10.8. The zero-order chi connectivity index (χ0) is 21.9. The van der Waals surface area contributed by atoms with Gasteiger partial charge in [-0.15, -0.1) is 0 Å². The Morgan fingerprint density at radius 2 is 1.90 bits per heavy atom. The fraction of sp³-hybridized carbons (Fsp3) is 0.444. The predicted molar refractivity (Wildman–Crippen MR) is 101 cm³/mol. The van der Waals surface area contributed by atoms with E-state index in [1.54, 1.807) is 6.07 Å². The van der Waals surface area contributed by atoms with Crippen molar-refractivity contribution in [1.29, 1.82) is 0 Å². The molecule has 30 heavy (non-hydrogen) atoms. The molecule has 1 aromatic heterocycles. The van der Waals surface area contributed by atoms with Gasteiger partial charge in [0.2, 0.25) is 10.0 Å². The minimum absolute atomic E-state index is 0.0180. The molecule has 1 fully saturated rings. The lowest BCUT2D eigenvalue weighted by molar-refractivity contribution is -0.130. The first-order chi connectivity index (χ1) is 14.0. The Labute approximate surface area is 170 Å². The quantitative estimate of drug-likeness (QED) is 0.664. The minimum atomic E-state index is -4.53. The van der Waals surface area contributed by atoms with Crippen LogP contribution < -0.4 is 5.32 Å². The number of hydrogen-bond acceptors (Lipinski definition) is 4. The molecule has 7 nitrogen and oxygen atoms in total. The van der Waals surface area contributed by atoms with Crippen LogP contribution in [0.15, 0.2) is 30.3 Å². The number of rotatable bonds is 6. The van der Waals surface area contributed by atoms with Crippen LogP contribution in [0.3, 0.4) is 0 Å². The second-order valence-electron chi connectivity index (χ2n) is 7.00. The second-order valence-corrected chi connectivity index (χ2v) is 9.09. The molecular weight excluding hydrogens is 428 g/mol. The number of alkyl halides is 3. The number of nitrogens with zero attached hydrogens (tertiary/aromatic N) is 2. The van der Waals surface area contributed by atoms with Crippen molar-refractivity contribution in [3.8, 4) is 0 Å². The summed E-state index contributed by atoms with van der Waals surface area (Å²) in [5.74, 6) is -2.27. The molecule has 1 aromatic carbocycles. The Hall–Kier alpha value is -2.47. The van der Waals surface area contributed by atoms with E-state index < -0.39 is 40.1 Å². The number of nitrogens with one attached hydrogen (secondary N) is 2. The van der Waals surface area contributed by atoms with E-state index in [1.165, 1.54) is 24.3 Å². The summed E-state index contributed by atoms with van der Waals surface area (Å²) in [6.45, 7) is 0.168. The van der Waals surface area contributed by atoms with Gasteiger partial charge in [-0.2, -0.15) is 18.3 Å². The third-order valence-corrected chi connectivity index (χ3v) is 6.75. The van der Waals surface area contributed by atoms with Crippen LogP contribution in [0.2, 0.25) is 0 Å². The highest BCUT2D eigenvalue weighted by Crippen LogP contribution is 2.29. The molecule has 1 amide bonds. The standard InChI is InChI=1S/C18H20F4N4O3S/c19-13-3-1-2-4-14(13)23-17(27)16-11-15(24-25-16)12-5-8-26(9-6-12)30(28,29)10-7-18(20,21)22/h1-4,11-12H,5-10H2,(H,23,27)(H,24,25). The molecule has 0 bridgehead atoms. The summed E-state index contributed by atoms with van der Waals surface area (Å²) >= 11 is 0. The van der Waals surface area contributed by atoms with E-state index in [0.717, 1.165) is 4.31 Å². The van der Waals surface area contributed by atoms with Crippen molar-refractivity contribution in [2.75, 3.05) is 24.2 Å². The van der Waals surface area contributed by atoms with E-state index in [9.17, 15) is 30.8 Å². The first-order valence-electron chi connectivity index (χ1n) is 9.21. The van der Waals surface area contributed by atoms with Gasteiger partial charge in [-0.25, -0.2) is 17.1 Å². The van der Waals surface area contributed by atoms with Crippen molar-refractivity contribution < 1.29 is 30.8 Å². The molecule has 3 rings (SSSR count). The third kappa shape index (κ3) is 5.57. The predicted octanol–water partition coefficient (Wildman–Crippen LogP) is 3.26. The van der Waals surface area contributed by atoms with Crippen LogP contribution in [-0.4, -0.2) is 53.8 Å². The molecule has 164 valence electrons. The van der Waals surface area contributed by atoms with Gasteiger partial charge in [-0.1, -0.05) is 12.1 Å². The van der Waals surface area contributed by atoms with Crippen molar-refractivity contribution in [2.45, 2.75) is 31.4 Å². The van der Waals surface area contributed by atoms with Gasteiger partial charge in [0.1, 0.15) is 5.82 Å². The van der Waals surface area contributed by atoms with Crippen LogP contribution >= 0.6 is 0 Å². The summed E-state index contributed by atoms with van der Waals surface area (Å²) in [6.07, 6.45) is -5.15. The molecule has 1 aliphatic heterocycles. The van der Waals surface area contributed by atoms with Crippen molar-refractivity contribution in [2.24, 2.45) is 0 Å². The number of hydrogen-bond donors (Lipinski definition) is 2. The van der Waals surface area contributed by atoms with Gasteiger partial charge in [-0.3, -0.25) is 9.89 Å². The summed E-state index contributed by atoms with van der Waals surface area (Å²) < 4.78 is 75.9. The number of benzene rings is 1. The second kappa shape index (κ2) is 8.72. The molecule has 2 heterocycles. The number of carbonyl (C=O) groups is 1. The number of piperidine rings is 1. The maximum absolute atomic E-state index is 13.7. The van der Waals surface area contributed by atoms with E-state index in [2.05, 4.69) is 15.5 Å². The number of carbonyl (C=O) groups excluding carboxylic acids is 1. The van der Waals surface area contributed by atoms with Crippen molar-refractivity contribution in [3.63, 3.8) is 0 Å². The number of halogens is 4. The average Bonchev–Trinajstić information content (AvgIpc) is 3.18. The van der Waals surface area contributed by atoms with Gasteiger partial charge in [0.25, 0.3) is 5.91 Å². The summed E-state index contributed by atoms with van der Waals surface area (Å²) in [6, 6.07) is 7.20. The Morgan fingerprint density at radius 1 is 1.23 bits per heavy atom.